The van der Waals surface area contributed by atoms with E-state index in [1.807, 2.05) is 30.3 Å². The smallest absolute Gasteiger partial charge is 0.324 e. The van der Waals surface area contributed by atoms with Gasteiger partial charge in [-0.1, -0.05) is 68.1 Å². The monoisotopic (exact) mass is 483 g/mol. The van der Waals surface area contributed by atoms with Crippen LogP contribution in [0.3, 0.4) is 0 Å². The Bertz CT molecular complexity index is 1210. The molecule has 0 aliphatic carbocycles. The summed E-state index contributed by atoms with van der Waals surface area (Å²) in [4.78, 5) is 24.2. The van der Waals surface area contributed by atoms with Crippen molar-refractivity contribution in [2.75, 3.05) is 13.7 Å². The Labute approximate surface area is 200 Å². The van der Waals surface area contributed by atoms with Crippen molar-refractivity contribution in [3.63, 3.8) is 0 Å². The fraction of sp³-hybridized carbons (Fsp3) is 0.231. The number of nitrogens with two attached hydrogens (primary N) is 1. The van der Waals surface area contributed by atoms with Gasteiger partial charge < -0.3 is 15.2 Å². The van der Waals surface area contributed by atoms with Gasteiger partial charge in [-0.05, 0) is 41.3 Å². The summed E-state index contributed by atoms with van der Waals surface area (Å²) in [7, 11) is -3.00. The largest absolute Gasteiger partial charge is 0.468 e. The lowest BCUT2D eigenvalue weighted by molar-refractivity contribution is -0.140. The second-order valence-electron chi connectivity index (χ2n) is 7.32. The molecule has 0 aromatic heterocycles. The minimum absolute atomic E-state index is 0. The summed E-state index contributed by atoms with van der Waals surface area (Å²) in [5.41, 5.74) is 7.60. The number of rotatable bonds is 10. The van der Waals surface area contributed by atoms with Gasteiger partial charge >= 0.3 is 5.97 Å². The average molecular weight is 484 g/mol. The molecule has 34 heavy (non-hydrogen) atoms. The highest BCUT2D eigenvalue weighted by Gasteiger charge is 2.35. The first kappa shape index (κ1) is 26.8. The number of methoxy groups -OCH3 is 1. The number of hydrogen-bond donors (Lipinski definition) is 1. The van der Waals surface area contributed by atoms with E-state index in [9.17, 15) is 18.0 Å². The molecule has 0 saturated carbocycles. The summed E-state index contributed by atoms with van der Waals surface area (Å²) >= 11 is 0. The molecule has 0 radical (unpaired) electrons. The van der Waals surface area contributed by atoms with Gasteiger partial charge in [0.2, 0.25) is 5.91 Å². The highest BCUT2D eigenvalue weighted by atomic mass is 32.2. The molecule has 8 heteroatoms. The normalized spacial score (nSPS) is 11.8. The van der Waals surface area contributed by atoms with Gasteiger partial charge in [0.25, 0.3) is 0 Å². The standard InChI is InChI=1S/C25H25NO6S.CH4/c1-31-25(28)23(14-15-32-17-18-8-4-2-5-9-18)33(29,30)20-12-13-21(24(26)27)22(16-20)19-10-6-3-7-11-19;/h2-13,16,23H,14-15,17H2,1H3,(H2,26,27);1H4. The number of amides is 1. The second-order valence-corrected chi connectivity index (χ2v) is 9.45. The third kappa shape index (κ3) is 6.30. The molecule has 180 valence electrons. The molecule has 0 aliphatic heterocycles. The number of sulfone groups is 1. The van der Waals surface area contributed by atoms with Crippen molar-refractivity contribution < 1.29 is 27.5 Å². The van der Waals surface area contributed by atoms with Crippen LogP contribution < -0.4 is 5.73 Å². The van der Waals surface area contributed by atoms with E-state index in [1.54, 1.807) is 30.3 Å². The van der Waals surface area contributed by atoms with E-state index in [0.29, 0.717) is 17.7 Å². The van der Waals surface area contributed by atoms with E-state index in [2.05, 4.69) is 0 Å². The maximum absolute atomic E-state index is 13.4. The number of esters is 1. The van der Waals surface area contributed by atoms with E-state index < -0.39 is 27.0 Å². The summed E-state index contributed by atoms with van der Waals surface area (Å²) < 4.78 is 37.1. The highest BCUT2D eigenvalue weighted by Crippen LogP contribution is 2.29. The number of ether oxygens (including phenoxy) is 2. The minimum atomic E-state index is -4.14. The Morgan fingerprint density at radius 1 is 0.941 bits per heavy atom. The third-order valence-corrected chi connectivity index (χ3v) is 7.23. The van der Waals surface area contributed by atoms with Gasteiger partial charge in [0.15, 0.2) is 15.1 Å². The lowest BCUT2D eigenvalue weighted by Gasteiger charge is -2.17. The molecule has 2 N–H and O–H groups in total. The van der Waals surface area contributed by atoms with Gasteiger partial charge in [-0.2, -0.15) is 0 Å². The van der Waals surface area contributed by atoms with Gasteiger partial charge in [0.1, 0.15) is 0 Å². The van der Waals surface area contributed by atoms with Crippen molar-refractivity contribution in [1.82, 2.24) is 0 Å². The molecule has 0 bridgehead atoms. The fourth-order valence-corrected chi connectivity index (χ4v) is 5.05. The molecule has 1 amide bonds. The Kier molecular flexibility index (Phi) is 9.53. The SMILES string of the molecule is C.COC(=O)C(CCOCc1ccccc1)S(=O)(=O)c1ccc(C(N)=O)c(-c2ccccc2)c1. The summed E-state index contributed by atoms with van der Waals surface area (Å²) in [6, 6.07) is 22.2. The Morgan fingerprint density at radius 3 is 2.15 bits per heavy atom. The first-order valence-corrected chi connectivity index (χ1v) is 11.8. The third-order valence-electron chi connectivity index (χ3n) is 5.14. The maximum atomic E-state index is 13.4. The van der Waals surface area contributed by atoms with Crippen LogP contribution in [0.15, 0.2) is 83.8 Å². The van der Waals surface area contributed by atoms with Gasteiger partial charge in [-0.15, -0.1) is 0 Å². The van der Waals surface area contributed by atoms with Gasteiger partial charge in [-0.25, -0.2) is 8.42 Å². The number of hydrogen-bond acceptors (Lipinski definition) is 6. The lowest BCUT2D eigenvalue weighted by atomic mass is 9.99. The van der Waals surface area contributed by atoms with Crippen LogP contribution in [0.1, 0.15) is 29.8 Å². The minimum Gasteiger partial charge on any atom is -0.468 e. The van der Waals surface area contributed by atoms with Crippen molar-refractivity contribution in [3.8, 4) is 11.1 Å². The van der Waals surface area contributed by atoms with E-state index in [1.165, 1.54) is 18.2 Å². The molecule has 3 aromatic rings. The Hall–Kier alpha value is -3.49. The summed E-state index contributed by atoms with van der Waals surface area (Å²) in [6.07, 6.45) is -0.0833. The first-order valence-electron chi connectivity index (χ1n) is 10.3. The lowest BCUT2D eigenvalue weighted by Crippen LogP contribution is -2.33. The summed E-state index contributed by atoms with van der Waals surface area (Å²) in [6.45, 7) is 0.332. The molecular formula is C26H29NO6S. The first-order chi connectivity index (χ1) is 15.8. The van der Waals surface area contributed by atoms with E-state index >= 15 is 0 Å². The quantitative estimate of drug-likeness (QED) is 0.344. The number of primary amides is 1. The molecule has 0 fully saturated rings. The van der Waals surface area contributed by atoms with Crippen molar-refractivity contribution in [2.45, 2.75) is 30.6 Å². The Balaban J connectivity index is 0.00000408. The summed E-state index contributed by atoms with van der Waals surface area (Å²) in [5, 5.41) is -1.46. The van der Waals surface area contributed by atoms with E-state index in [4.69, 9.17) is 15.2 Å². The van der Waals surface area contributed by atoms with Crippen LogP contribution in [0.4, 0.5) is 0 Å². The van der Waals surface area contributed by atoms with Crippen molar-refractivity contribution >= 4 is 21.7 Å². The topological polar surface area (TPSA) is 113 Å². The van der Waals surface area contributed by atoms with Crippen molar-refractivity contribution in [3.05, 3.63) is 90.0 Å². The van der Waals surface area contributed by atoms with Gasteiger partial charge in [0, 0.05) is 12.2 Å². The molecule has 7 nitrogen and oxygen atoms in total. The second kappa shape index (κ2) is 12.1. The van der Waals surface area contributed by atoms with Gasteiger partial charge in [-0.3, -0.25) is 9.59 Å². The molecule has 0 aliphatic rings. The molecule has 0 saturated heterocycles. The fourth-order valence-electron chi connectivity index (χ4n) is 3.42. The molecule has 3 rings (SSSR count). The predicted octanol–water partition coefficient (Wildman–Crippen LogP) is 4.01. The molecule has 0 heterocycles. The number of benzene rings is 3. The van der Waals surface area contributed by atoms with Crippen LogP contribution in [-0.4, -0.2) is 39.3 Å². The van der Waals surface area contributed by atoms with Crippen molar-refractivity contribution in [1.29, 1.82) is 0 Å². The van der Waals surface area contributed by atoms with Crippen LogP contribution in [0.25, 0.3) is 11.1 Å². The molecule has 0 spiro atoms. The number of carbonyl (C=O) groups excluding carboxylic acids is 2. The van der Waals surface area contributed by atoms with Gasteiger partial charge in [0.05, 0.1) is 18.6 Å². The van der Waals surface area contributed by atoms with Crippen LogP contribution in [-0.2, 0) is 30.7 Å². The van der Waals surface area contributed by atoms with Crippen LogP contribution in [0, 0.1) is 0 Å². The number of carbonyl (C=O) groups is 2. The molecule has 3 aromatic carbocycles. The molecule has 1 atom stereocenters. The predicted molar refractivity (Wildman–Crippen MR) is 131 cm³/mol. The Morgan fingerprint density at radius 2 is 1.56 bits per heavy atom. The zero-order chi connectivity index (χ0) is 23.8. The zero-order valence-corrected chi connectivity index (χ0v) is 19.0. The van der Waals surface area contributed by atoms with Crippen LogP contribution >= 0.6 is 0 Å². The average Bonchev–Trinajstić information content (AvgIpc) is 2.84. The van der Waals surface area contributed by atoms with E-state index in [0.717, 1.165) is 12.7 Å². The van der Waals surface area contributed by atoms with E-state index in [-0.39, 0.29) is 30.9 Å². The van der Waals surface area contributed by atoms with Crippen LogP contribution in [0.5, 0.6) is 0 Å². The molecule has 1 unspecified atom stereocenters. The zero-order valence-electron chi connectivity index (χ0n) is 18.1. The maximum Gasteiger partial charge on any atom is 0.324 e. The van der Waals surface area contributed by atoms with Crippen molar-refractivity contribution in [2.24, 2.45) is 5.73 Å². The highest BCUT2D eigenvalue weighted by molar-refractivity contribution is 7.92. The molecular weight excluding hydrogens is 454 g/mol. The summed E-state index contributed by atoms with van der Waals surface area (Å²) in [5.74, 6) is -1.56. The van der Waals surface area contributed by atoms with Crippen LogP contribution in [0.2, 0.25) is 0 Å².